The van der Waals surface area contributed by atoms with Gasteiger partial charge in [-0.1, -0.05) is 13.8 Å². The van der Waals surface area contributed by atoms with Gasteiger partial charge in [-0.15, -0.1) is 0 Å². The van der Waals surface area contributed by atoms with E-state index >= 15 is 0 Å². The van der Waals surface area contributed by atoms with Gasteiger partial charge in [0.25, 0.3) is 0 Å². The van der Waals surface area contributed by atoms with Crippen LogP contribution in [0.3, 0.4) is 0 Å². The highest BCUT2D eigenvalue weighted by molar-refractivity contribution is 4.93. The van der Waals surface area contributed by atoms with E-state index in [1.165, 1.54) is 0 Å². The molecule has 0 aliphatic carbocycles. The van der Waals surface area contributed by atoms with Crippen molar-refractivity contribution in [3.8, 4) is 0 Å². The SMILES string of the molecule is CC(C)Cn1cnc(C(C)(C)O)n1. The lowest BCUT2D eigenvalue weighted by Crippen LogP contribution is -2.18. The first-order valence-electron chi connectivity index (χ1n) is 4.52. The molecule has 13 heavy (non-hydrogen) atoms. The van der Waals surface area contributed by atoms with Crippen molar-refractivity contribution in [2.45, 2.75) is 39.8 Å². The van der Waals surface area contributed by atoms with Crippen LogP contribution in [0.25, 0.3) is 0 Å². The molecular formula is C9H17N3O. The summed E-state index contributed by atoms with van der Waals surface area (Å²) in [7, 11) is 0. The second-order valence-corrected chi connectivity index (χ2v) is 4.24. The van der Waals surface area contributed by atoms with Crippen molar-refractivity contribution < 1.29 is 5.11 Å². The highest BCUT2D eigenvalue weighted by Gasteiger charge is 2.20. The van der Waals surface area contributed by atoms with Crippen molar-refractivity contribution in [1.82, 2.24) is 14.8 Å². The summed E-state index contributed by atoms with van der Waals surface area (Å²) in [4.78, 5) is 4.04. The molecule has 1 N–H and O–H groups in total. The van der Waals surface area contributed by atoms with Crippen molar-refractivity contribution in [3.05, 3.63) is 12.2 Å². The minimum absolute atomic E-state index is 0.480. The molecule has 0 amide bonds. The van der Waals surface area contributed by atoms with E-state index in [0.717, 1.165) is 6.54 Å². The molecule has 0 radical (unpaired) electrons. The zero-order valence-corrected chi connectivity index (χ0v) is 8.65. The van der Waals surface area contributed by atoms with Crippen molar-refractivity contribution in [1.29, 1.82) is 0 Å². The summed E-state index contributed by atoms with van der Waals surface area (Å²) in [6.45, 7) is 8.43. The highest BCUT2D eigenvalue weighted by Crippen LogP contribution is 2.13. The van der Waals surface area contributed by atoms with Gasteiger partial charge in [-0.3, -0.25) is 4.68 Å². The van der Waals surface area contributed by atoms with Gasteiger partial charge >= 0.3 is 0 Å². The molecule has 1 aromatic rings. The molecule has 0 aromatic carbocycles. The van der Waals surface area contributed by atoms with E-state index in [-0.39, 0.29) is 0 Å². The average Bonchev–Trinajstić information content (AvgIpc) is 2.32. The molecule has 0 bridgehead atoms. The first-order valence-corrected chi connectivity index (χ1v) is 4.52. The van der Waals surface area contributed by atoms with Crippen LogP contribution in [0.4, 0.5) is 0 Å². The van der Waals surface area contributed by atoms with Gasteiger partial charge in [0.1, 0.15) is 11.9 Å². The zero-order chi connectivity index (χ0) is 10.1. The number of aliphatic hydroxyl groups is 1. The van der Waals surface area contributed by atoms with Crippen LogP contribution in [-0.4, -0.2) is 19.9 Å². The van der Waals surface area contributed by atoms with Crippen LogP contribution in [0.1, 0.15) is 33.5 Å². The Balaban J connectivity index is 2.75. The van der Waals surface area contributed by atoms with Crippen LogP contribution in [0.15, 0.2) is 6.33 Å². The van der Waals surface area contributed by atoms with Gasteiger partial charge in [-0.25, -0.2) is 4.98 Å². The molecule has 4 heteroatoms. The van der Waals surface area contributed by atoms with Gasteiger partial charge in [0.15, 0.2) is 5.82 Å². The van der Waals surface area contributed by atoms with Gasteiger partial charge in [0, 0.05) is 6.54 Å². The minimum Gasteiger partial charge on any atom is -0.382 e. The van der Waals surface area contributed by atoms with Crippen LogP contribution < -0.4 is 0 Å². The average molecular weight is 183 g/mol. The fourth-order valence-electron chi connectivity index (χ4n) is 1.04. The zero-order valence-electron chi connectivity index (χ0n) is 8.65. The van der Waals surface area contributed by atoms with E-state index in [0.29, 0.717) is 11.7 Å². The van der Waals surface area contributed by atoms with Crippen LogP contribution in [-0.2, 0) is 12.1 Å². The molecule has 1 rings (SSSR count). The molecule has 1 aromatic heterocycles. The Labute approximate surface area is 78.6 Å². The molecule has 0 aliphatic rings. The maximum atomic E-state index is 9.60. The van der Waals surface area contributed by atoms with Crippen LogP contribution in [0, 0.1) is 5.92 Å². The normalized spacial score (nSPS) is 12.5. The molecule has 0 saturated heterocycles. The first-order chi connectivity index (χ1) is 5.89. The van der Waals surface area contributed by atoms with E-state index in [1.807, 2.05) is 0 Å². The lowest BCUT2D eigenvalue weighted by Gasteiger charge is -2.11. The number of nitrogens with zero attached hydrogens (tertiary/aromatic N) is 3. The van der Waals surface area contributed by atoms with Crippen LogP contribution in [0.2, 0.25) is 0 Å². The number of hydrogen-bond donors (Lipinski definition) is 1. The van der Waals surface area contributed by atoms with E-state index in [2.05, 4.69) is 23.9 Å². The number of rotatable bonds is 3. The second-order valence-electron chi connectivity index (χ2n) is 4.24. The van der Waals surface area contributed by atoms with Gasteiger partial charge in [0.2, 0.25) is 0 Å². The number of hydrogen-bond acceptors (Lipinski definition) is 3. The van der Waals surface area contributed by atoms with Crippen molar-refractivity contribution >= 4 is 0 Å². The molecule has 0 atom stereocenters. The highest BCUT2D eigenvalue weighted by atomic mass is 16.3. The smallest absolute Gasteiger partial charge is 0.181 e. The predicted molar refractivity (Wildman–Crippen MR) is 50.1 cm³/mol. The predicted octanol–water partition coefficient (Wildman–Crippen LogP) is 1.16. The Hall–Kier alpha value is -0.900. The second kappa shape index (κ2) is 3.46. The summed E-state index contributed by atoms with van der Waals surface area (Å²) >= 11 is 0. The Kier molecular flexibility index (Phi) is 2.71. The lowest BCUT2D eigenvalue weighted by atomic mass is 10.1. The third-order valence-corrected chi connectivity index (χ3v) is 1.64. The largest absolute Gasteiger partial charge is 0.382 e. The van der Waals surface area contributed by atoms with Crippen molar-refractivity contribution in [2.75, 3.05) is 0 Å². The minimum atomic E-state index is -0.942. The molecule has 1 heterocycles. The molecular weight excluding hydrogens is 166 g/mol. The standard InChI is InChI=1S/C9H17N3O/c1-7(2)5-12-6-10-8(11-12)9(3,4)13/h6-7,13H,5H2,1-4H3. The Bertz CT molecular complexity index is 273. The third kappa shape index (κ3) is 2.81. The molecule has 74 valence electrons. The molecule has 0 aliphatic heterocycles. The number of aromatic nitrogens is 3. The summed E-state index contributed by atoms with van der Waals surface area (Å²) in [5.41, 5.74) is -0.942. The fraction of sp³-hybridized carbons (Fsp3) is 0.778. The quantitative estimate of drug-likeness (QED) is 0.765. The molecule has 0 unspecified atom stereocenters. The first kappa shape index (κ1) is 10.2. The monoisotopic (exact) mass is 183 g/mol. The third-order valence-electron chi connectivity index (χ3n) is 1.64. The van der Waals surface area contributed by atoms with E-state index in [9.17, 15) is 5.11 Å². The van der Waals surface area contributed by atoms with Gasteiger partial charge in [0.05, 0.1) is 0 Å². The van der Waals surface area contributed by atoms with Crippen LogP contribution in [0.5, 0.6) is 0 Å². The van der Waals surface area contributed by atoms with Gasteiger partial charge in [-0.05, 0) is 19.8 Å². The Morgan fingerprint density at radius 2 is 2.15 bits per heavy atom. The summed E-state index contributed by atoms with van der Waals surface area (Å²) in [6, 6.07) is 0. The van der Waals surface area contributed by atoms with Gasteiger partial charge < -0.3 is 5.11 Å². The fourth-order valence-corrected chi connectivity index (χ4v) is 1.04. The Morgan fingerprint density at radius 1 is 1.54 bits per heavy atom. The molecule has 0 saturated carbocycles. The van der Waals surface area contributed by atoms with Crippen molar-refractivity contribution in [2.24, 2.45) is 5.92 Å². The maximum Gasteiger partial charge on any atom is 0.181 e. The lowest BCUT2D eigenvalue weighted by molar-refractivity contribution is 0.0684. The topological polar surface area (TPSA) is 50.9 Å². The summed E-state index contributed by atoms with van der Waals surface area (Å²) in [5, 5.41) is 13.8. The molecule has 0 fully saturated rings. The van der Waals surface area contributed by atoms with Crippen molar-refractivity contribution in [3.63, 3.8) is 0 Å². The molecule has 0 spiro atoms. The van der Waals surface area contributed by atoms with Crippen LogP contribution >= 0.6 is 0 Å². The summed E-state index contributed by atoms with van der Waals surface area (Å²) < 4.78 is 1.76. The van der Waals surface area contributed by atoms with Gasteiger partial charge in [-0.2, -0.15) is 5.10 Å². The summed E-state index contributed by atoms with van der Waals surface area (Å²) in [6.07, 6.45) is 1.66. The van der Waals surface area contributed by atoms with E-state index in [1.54, 1.807) is 24.9 Å². The summed E-state index contributed by atoms with van der Waals surface area (Å²) in [5.74, 6) is 1.02. The molecule has 4 nitrogen and oxygen atoms in total. The Morgan fingerprint density at radius 3 is 2.54 bits per heavy atom. The van der Waals surface area contributed by atoms with E-state index in [4.69, 9.17) is 0 Å². The van der Waals surface area contributed by atoms with E-state index < -0.39 is 5.60 Å². The maximum absolute atomic E-state index is 9.60.